The summed E-state index contributed by atoms with van der Waals surface area (Å²) in [6.07, 6.45) is -8.25. The molecule has 0 amide bonds. The highest BCUT2D eigenvalue weighted by Gasteiger charge is 2.45. The number of aliphatic hydroxyl groups excluding tert-OH is 4. The summed E-state index contributed by atoms with van der Waals surface area (Å²) in [4.78, 5) is 13.3. The fourth-order valence-electron chi connectivity index (χ4n) is 3.68. The lowest BCUT2D eigenvalue weighted by atomic mass is 9.99. The number of rotatable bonds is 5. The third-order valence-corrected chi connectivity index (χ3v) is 5.43. The van der Waals surface area contributed by atoms with E-state index in [-0.39, 0.29) is 33.8 Å². The molecule has 3 aromatic rings. The molecule has 0 aliphatic carbocycles. The molecule has 0 saturated carbocycles. The van der Waals surface area contributed by atoms with Crippen LogP contribution in [0.4, 0.5) is 0 Å². The van der Waals surface area contributed by atoms with Crippen LogP contribution in [0.3, 0.4) is 0 Å². The van der Waals surface area contributed by atoms with E-state index < -0.39 is 60.0 Å². The molecule has 12 nitrogen and oxygen atoms in total. The second-order valence-electron chi connectivity index (χ2n) is 7.63. The predicted molar refractivity (Wildman–Crippen MR) is 114 cm³/mol. The molecule has 1 aliphatic rings. The van der Waals surface area contributed by atoms with Gasteiger partial charge in [-0.3, -0.25) is 4.79 Å². The van der Waals surface area contributed by atoms with Gasteiger partial charge in [-0.15, -0.1) is 0 Å². The van der Waals surface area contributed by atoms with Crippen LogP contribution in [0, 0.1) is 0 Å². The van der Waals surface area contributed by atoms with Crippen molar-refractivity contribution in [1.29, 1.82) is 0 Å². The van der Waals surface area contributed by atoms with Crippen molar-refractivity contribution in [1.82, 2.24) is 0 Å². The number of phenolic OH excluding ortho intramolecular Hbond substituents is 3. The molecule has 34 heavy (non-hydrogen) atoms. The minimum absolute atomic E-state index is 0.0249. The van der Waals surface area contributed by atoms with Crippen molar-refractivity contribution in [2.75, 3.05) is 13.7 Å². The lowest BCUT2D eigenvalue weighted by Crippen LogP contribution is -2.60. The zero-order valence-electron chi connectivity index (χ0n) is 17.7. The van der Waals surface area contributed by atoms with Crippen molar-refractivity contribution in [2.24, 2.45) is 0 Å². The molecule has 182 valence electrons. The van der Waals surface area contributed by atoms with E-state index in [4.69, 9.17) is 18.6 Å². The molecule has 1 fully saturated rings. The molecule has 1 aromatic heterocycles. The monoisotopic (exact) mass is 478 g/mol. The minimum atomic E-state index is -1.82. The van der Waals surface area contributed by atoms with Gasteiger partial charge in [0.15, 0.2) is 17.3 Å². The summed E-state index contributed by atoms with van der Waals surface area (Å²) in [6.45, 7) is -0.719. The Bertz CT molecular complexity index is 1240. The van der Waals surface area contributed by atoms with Crippen molar-refractivity contribution in [3.8, 4) is 40.1 Å². The molecule has 0 radical (unpaired) electrons. The summed E-state index contributed by atoms with van der Waals surface area (Å²) in [5, 5.41) is 70.0. The second-order valence-corrected chi connectivity index (χ2v) is 7.63. The van der Waals surface area contributed by atoms with Crippen LogP contribution in [0.15, 0.2) is 39.5 Å². The Morgan fingerprint density at radius 2 is 1.62 bits per heavy atom. The van der Waals surface area contributed by atoms with Gasteiger partial charge < -0.3 is 54.4 Å². The quantitative estimate of drug-likeness (QED) is 0.254. The van der Waals surface area contributed by atoms with Crippen molar-refractivity contribution >= 4 is 11.0 Å². The molecule has 2 heterocycles. The fourth-order valence-corrected chi connectivity index (χ4v) is 3.68. The van der Waals surface area contributed by atoms with Gasteiger partial charge in [0.1, 0.15) is 35.7 Å². The molecule has 7 N–H and O–H groups in total. The zero-order chi connectivity index (χ0) is 24.7. The predicted octanol–water partition coefficient (Wildman–Crippen LogP) is -0.236. The average Bonchev–Trinajstić information content (AvgIpc) is 2.80. The van der Waals surface area contributed by atoms with E-state index in [1.807, 2.05) is 0 Å². The first-order valence-electron chi connectivity index (χ1n) is 10.0. The van der Waals surface area contributed by atoms with Crippen LogP contribution < -0.4 is 14.9 Å². The van der Waals surface area contributed by atoms with Crippen molar-refractivity contribution in [2.45, 2.75) is 30.7 Å². The van der Waals surface area contributed by atoms with Crippen molar-refractivity contribution in [3.05, 3.63) is 40.6 Å². The highest BCUT2D eigenvalue weighted by molar-refractivity contribution is 5.83. The summed E-state index contributed by atoms with van der Waals surface area (Å²) in [6, 6.07) is 5.91. The van der Waals surface area contributed by atoms with Gasteiger partial charge in [0.2, 0.25) is 23.2 Å². The van der Waals surface area contributed by atoms with E-state index in [0.29, 0.717) is 0 Å². The Hall–Kier alpha value is -3.55. The van der Waals surface area contributed by atoms with Crippen LogP contribution in [-0.4, -0.2) is 80.2 Å². The maximum Gasteiger partial charge on any atom is 0.235 e. The van der Waals surface area contributed by atoms with E-state index >= 15 is 0 Å². The van der Waals surface area contributed by atoms with Gasteiger partial charge in [-0.25, -0.2) is 0 Å². The Morgan fingerprint density at radius 1 is 0.941 bits per heavy atom. The zero-order valence-corrected chi connectivity index (χ0v) is 17.7. The molecule has 0 bridgehead atoms. The van der Waals surface area contributed by atoms with Gasteiger partial charge in [-0.05, 0) is 24.3 Å². The van der Waals surface area contributed by atoms with Crippen molar-refractivity contribution in [3.63, 3.8) is 0 Å². The minimum Gasteiger partial charge on any atom is -0.508 e. The standard InChI is InChI=1S/C22H22O12/c1-31-20-11(25)4-8(5-12(20)26)19-21(15(27)10-3-2-9(24)6-13(10)32-19)34-22-18(30)17(29)16(28)14(7-23)33-22/h2-6,14,16-18,22-26,28-30H,7H2,1H3/t14-,16-,17+,18-,22+/m1/s1. The fraction of sp³-hybridized carbons (Fsp3) is 0.318. The van der Waals surface area contributed by atoms with Crippen LogP contribution in [0.5, 0.6) is 28.7 Å². The number of phenols is 3. The molecule has 1 aliphatic heterocycles. The lowest BCUT2D eigenvalue weighted by molar-refractivity contribution is -0.277. The number of aromatic hydroxyl groups is 3. The molecule has 2 aromatic carbocycles. The number of ether oxygens (including phenoxy) is 3. The SMILES string of the molecule is COc1c(O)cc(-c2oc3cc(O)ccc3c(=O)c2O[C@@H]2O[C@H](CO)[C@@H](O)[C@H](O)[C@H]2O)cc1O. The Labute approximate surface area is 191 Å². The molecule has 0 unspecified atom stereocenters. The highest BCUT2D eigenvalue weighted by Crippen LogP contribution is 2.42. The molecule has 0 spiro atoms. The normalized spacial score (nSPS) is 24.8. The van der Waals surface area contributed by atoms with Crippen LogP contribution in [0.2, 0.25) is 0 Å². The van der Waals surface area contributed by atoms with Crippen LogP contribution in [0.25, 0.3) is 22.3 Å². The van der Waals surface area contributed by atoms with E-state index in [1.54, 1.807) is 0 Å². The van der Waals surface area contributed by atoms with Gasteiger partial charge in [0.25, 0.3) is 0 Å². The number of benzene rings is 2. The summed E-state index contributed by atoms with van der Waals surface area (Å²) >= 11 is 0. The van der Waals surface area contributed by atoms with Gasteiger partial charge in [0, 0.05) is 11.6 Å². The number of aliphatic hydroxyl groups is 4. The maximum atomic E-state index is 13.3. The van der Waals surface area contributed by atoms with Gasteiger partial charge in [-0.1, -0.05) is 0 Å². The Morgan fingerprint density at radius 3 is 2.24 bits per heavy atom. The van der Waals surface area contributed by atoms with Crippen molar-refractivity contribution < 1.29 is 54.4 Å². The molecule has 1 saturated heterocycles. The van der Waals surface area contributed by atoms with E-state index in [2.05, 4.69) is 0 Å². The topological polar surface area (TPSA) is 200 Å². The number of hydrogen-bond donors (Lipinski definition) is 7. The molecule has 5 atom stereocenters. The maximum absolute atomic E-state index is 13.3. The first-order valence-corrected chi connectivity index (χ1v) is 10.0. The molecular weight excluding hydrogens is 456 g/mol. The third-order valence-electron chi connectivity index (χ3n) is 5.43. The summed E-state index contributed by atoms with van der Waals surface area (Å²) in [5.41, 5.74) is -0.878. The second kappa shape index (κ2) is 9.00. The van der Waals surface area contributed by atoms with Gasteiger partial charge in [-0.2, -0.15) is 0 Å². The van der Waals surface area contributed by atoms with E-state index in [0.717, 1.165) is 12.1 Å². The van der Waals surface area contributed by atoms with E-state index in [1.165, 1.54) is 25.3 Å². The highest BCUT2D eigenvalue weighted by atomic mass is 16.7. The number of hydrogen-bond acceptors (Lipinski definition) is 12. The first-order chi connectivity index (χ1) is 16.2. The Kier molecular flexibility index (Phi) is 6.25. The summed E-state index contributed by atoms with van der Waals surface area (Å²) in [7, 11) is 1.22. The largest absolute Gasteiger partial charge is 0.508 e. The number of fused-ring (bicyclic) bond motifs is 1. The summed E-state index contributed by atoms with van der Waals surface area (Å²) in [5.74, 6) is -2.28. The number of methoxy groups -OCH3 is 1. The summed E-state index contributed by atoms with van der Waals surface area (Å²) < 4.78 is 21.6. The molecule has 12 heteroatoms. The van der Waals surface area contributed by atoms with Crippen LogP contribution in [-0.2, 0) is 4.74 Å². The smallest absolute Gasteiger partial charge is 0.235 e. The average molecular weight is 478 g/mol. The first kappa shape index (κ1) is 23.6. The third kappa shape index (κ3) is 3.97. The molecule has 4 rings (SSSR count). The van der Waals surface area contributed by atoms with Crippen LogP contribution >= 0.6 is 0 Å². The molecular formula is C22H22O12. The van der Waals surface area contributed by atoms with E-state index in [9.17, 15) is 40.5 Å². The lowest BCUT2D eigenvalue weighted by Gasteiger charge is -2.39. The Balaban J connectivity index is 1.90. The van der Waals surface area contributed by atoms with Gasteiger partial charge in [0.05, 0.1) is 19.1 Å². The van der Waals surface area contributed by atoms with Crippen LogP contribution in [0.1, 0.15) is 0 Å². The van der Waals surface area contributed by atoms with Gasteiger partial charge >= 0.3 is 0 Å².